The van der Waals surface area contributed by atoms with Gasteiger partial charge in [-0.1, -0.05) is 113 Å². The minimum absolute atomic E-state index is 0.00601. The Hall–Kier alpha value is -5.29. The van der Waals surface area contributed by atoms with Gasteiger partial charge < -0.3 is 30.5 Å². The van der Waals surface area contributed by atoms with Gasteiger partial charge in [0.25, 0.3) is 0 Å². The normalized spacial score (nSPS) is 14.0. The number of rotatable bonds is 19. The third-order valence-electron chi connectivity index (χ3n) is 9.04. The molecule has 0 fully saturated rings. The number of carbonyl (C=O) groups is 4. The van der Waals surface area contributed by atoms with Gasteiger partial charge >= 0.3 is 12.1 Å². The maximum atomic E-state index is 14.2. The molecule has 3 aromatic carbocycles. The van der Waals surface area contributed by atoms with Crippen LogP contribution in [0, 0.1) is 11.8 Å². The fourth-order valence-corrected chi connectivity index (χ4v) is 5.87. The minimum Gasteiger partial charge on any atom is -0.465 e. The second kappa shape index (κ2) is 20.7. The monoisotopic (exact) mass is 724 g/mol. The molecular weight excluding hydrogens is 672 g/mol. The summed E-state index contributed by atoms with van der Waals surface area (Å²) in [6.07, 6.45) is 2.31. The quantitative estimate of drug-likeness (QED) is 0.0902. The number of hydrogen-bond acceptors (Lipinski definition) is 8. The van der Waals surface area contributed by atoms with Crippen LogP contribution in [-0.2, 0) is 43.3 Å². The van der Waals surface area contributed by atoms with E-state index < -0.39 is 48.1 Å². The molecule has 0 aliphatic heterocycles. The highest BCUT2D eigenvalue weighted by atomic mass is 16.5. The lowest BCUT2D eigenvalue weighted by Crippen LogP contribution is -2.57. The van der Waals surface area contributed by atoms with E-state index in [2.05, 4.69) is 20.9 Å². The number of nitrogens with one attached hydrogen (secondary N) is 3. The van der Waals surface area contributed by atoms with E-state index in [9.17, 15) is 24.3 Å². The number of carbonyl (C=O) groups excluding carboxylic acids is 4. The van der Waals surface area contributed by atoms with Gasteiger partial charge in [-0.15, -0.1) is 0 Å². The van der Waals surface area contributed by atoms with Gasteiger partial charge in [0.05, 0.1) is 25.2 Å². The molecule has 53 heavy (non-hydrogen) atoms. The molecule has 4 N–H and O–H groups in total. The molecular formula is C42H52N4O7. The average molecular weight is 725 g/mol. The summed E-state index contributed by atoms with van der Waals surface area (Å²) in [5, 5.41) is 21.5. The molecule has 11 heteroatoms. The highest BCUT2D eigenvalue weighted by Crippen LogP contribution is 2.20. The third kappa shape index (κ3) is 13.3. The van der Waals surface area contributed by atoms with Crippen LogP contribution >= 0.6 is 0 Å². The number of aliphatic hydroxyl groups is 1. The minimum atomic E-state index is -1.22. The van der Waals surface area contributed by atoms with Crippen molar-refractivity contribution in [3.8, 4) is 0 Å². The van der Waals surface area contributed by atoms with Gasteiger partial charge in [-0.05, 0) is 51.8 Å². The zero-order valence-corrected chi connectivity index (χ0v) is 31.0. The molecule has 2 unspecified atom stereocenters. The summed E-state index contributed by atoms with van der Waals surface area (Å²) in [7, 11) is 0. The molecule has 282 valence electrons. The number of ether oxygens (including phenoxy) is 2. The van der Waals surface area contributed by atoms with Crippen molar-refractivity contribution in [1.82, 2.24) is 20.9 Å². The van der Waals surface area contributed by atoms with Crippen molar-refractivity contribution >= 4 is 34.6 Å². The zero-order valence-electron chi connectivity index (χ0n) is 31.0. The van der Waals surface area contributed by atoms with Gasteiger partial charge in [-0.2, -0.15) is 0 Å². The molecule has 3 amide bonds. The molecule has 1 aromatic heterocycles. The predicted molar refractivity (Wildman–Crippen MR) is 203 cm³/mol. The average Bonchev–Trinajstić information content (AvgIpc) is 3.16. The Kier molecular flexibility index (Phi) is 15.8. The second-order valence-corrected chi connectivity index (χ2v) is 13.9. The summed E-state index contributed by atoms with van der Waals surface area (Å²) in [6, 6.07) is 23.2. The molecule has 11 nitrogen and oxygen atoms in total. The molecule has 0 aliphatic carbocycles. The number of alkyl carbamates (subject to hydrolysis) is 1. The zero-order chi connectivity index (χ0) is 38.2. The lowest BCUT2D eigenvalue weighted by molar-refractivity contribution is -0.148. The number of nitrogens with zero attached hydrogens (tertiary/aromatic N) is 1. The van der Waals surface area contributed by atoms with Gasteiger partial charge in [0.1, 0.15) is 18.7 Å². The number of hydrogen-bond donors (Lipinski definition) is 4. The van der Waals surface area contributed by atoms with Crippen molar-refractivity contribution < 1.29 is 33.8 Å². The Morgan fingerprint density at radius 3 is 2.15 bits per heavy atom. The highest BCUT2D eigenvalue weighted by molar-refractivity contribution is 5.93. The van der Waals surface area contributed by atoms with Gasteiger partial charge in [0, 0.05) is 25.2 Å². The van der Waals surface area contributed by atoms with Crippen LogP contribution in [0.2, 0.25) is 0 Å². The molecule has 0 bridgehead atoms. The molecule has 1 heterocycles. The molecule has 0 spiro atoms. The first-order valence-electron chi connectivity index (χ1n) is 18.3. The molecule has 0 aliphatic rings. The smallest absolute Gasteiger partial charge is 0.408 e. The van der Waals surface area contributed by atoms with Crippen LogP contribution in [0.3, 0.4) is 0 Å². The Morgan fingerprint density at radius 1 is 0.755 bits per heavy atom. The van der Waals surface area contributed by atoms with Crippen molar-refractivity contribution in [1.29, 1.82) is 0 Å². The van der Waals surface area contributed by atoms with E-state index in [1.54, 1.807) is 24.5 Å². The molecule has 0 radical (unpaired) electrons. The Morgan fingerprint density at radius 2 is 1.43 bits per heavy atom. The van der Waals surface area contributed by atoms with Crippen molar-refractivity contribution in [3.05, 3.63) is 114 Å². The largest absolute Gasteiger partial charge is 0.465 e. The third-order valence-corrected chi connectivity index (χ3v) is 9.04. The summed E-state index contributed by atoms with van der Waals surface area (Å²) in [5.41, 5.74) is 2.29. The lowest BCUT2D eigenvalue weighted by atomic mass is 9.96. The van der Waals surface area contributed by atoms with Crippen molar-refractivity contribution in [2.24, 2.45) is 11.8 Å². The van der Waals surface area contributed by atoms with Crippen LogP contribution in [0.1, 0.15) is 63.6 Å². The van der Waals surface area contributed by atoms with E-state index in [1.807, 2.05) is 100 Å². The van der Waals surface area contributed by atoms with E-state index in [0.29, 0.717) is 12.0 Å². The predicted octanol–water partition coefficient (Wildman–Crippen LogP) is 5.67. The number of benzene rings is 3. The van der Waals surface area contributed by atoms with E-state index in [-0.39, 0.29) is 44.3 Å². The molecule has 4 aromatic rings. The molecule has 0 saturated carbocycles. The van der Waals surface area contributed by atoms with E-state index in [1.165, 1.54) is 0 Å². The molecule has 0 saturated heterocycles. The maximum Gasteiger partial charge on any atom is 0.408 e. The van der Waals surface area contributed by atoms with E-state index >= 15 is 0 Å². The fraction of sp³-hybridized carbons (Fsp3) is 0.405. The van der Waals surface area contributed by atoms with E-state index in [0.717, 1.165) is 28.3 Å². The van der Waals surface area contributed by atoms with Gasteiger partial charge in [0.15, 0.2) is 0 Å². The maximum absolute atomic E-state index is 14.2. The lowest BCUT2D eigenvalue weighted by Gasteiger charge is -2.29. The molecule has 4 rings (SSSR count). The number of aromatic nitrogens is 1. The van der Waals surface area contributed by atoms with Gasteiger partial charge in [-0.25, -0.2) is 4.79 Å². The second-order valence-electron chi connectivity index (χ2n) is 13.9. The Bertz CT molecular complexity index is 1760. The summed E-state index contributed by atoms with van der Waals surface area (Å²) in [5.74, 6) is -1.47. The van der Waals surface area contributed by atoms with Gasteiger partial charge in [0.2, 0.25) is 11.8 Å². The number of esters is 1. The SMILES string of the molecule is CCC(C)COC(=O)C[C@H](O)[C@H](CC(C)C)NC(=O)C(Cc1cccnc1)NC(=O)[C@H](Cc1cccc2ccccc12)NC(=O)OCc1ccccc1. The van der Waals surface area contributed by atoms with Crippen LogP contribution in [0.15, 0.2) is 97.3 Å². The summed E-state index contributed by atoms with van der Waals surface area (Å²) < 4.78 is 10.8. The van der Waals surface area contributed by atoms with Crippen molar-refractivity contribution in [2.75, 3.05) is 6.61 Å². The Balaban J connectivity index is 1.56. The van der Waals surface area contributed by atoms with Crippen LogP contribution in [0.4, 0.5) is 4.79 Å². The standard InChI is InChI=1S/C42H52N4O7/c1-5-29(4)26-52-39(48)24-38(47)35(21-28(2)3)44-40(49)36(22-31-15-12-20-43-25-31)45-41(50)37(46-42(51)53-27-30-13-7-6-8-14-30)23-33-18-11-17-32-16-9-10-19-34(32)33/h6-20,25,28-29,35-38,47H,5,21-24,26-27H2,1-4H3,(H,44,49)(H,45,50)(H,46,51)/t29?,35-,36?,37-,38-/m0/s1. The van der Waals surface area contributed by atoms with Crippen LogP contribution in [0.5, 0.6) is 0 Å². The topological polar surface area (TPSA) is 156 Å². The van der Waals surface area contributed by atoms with Crippen LogP contribution in [0.25, 0.3) is 10.8 Å². The summed E-state index contributed by atoms with van der Waals surface area (Å²) in [4.78, 5) is 58.2. The van der Waals surface area contributed by atoms with Crippen LogP contribution in [-0.4, -0.2) is 64.8 Å². The van der Waals surface area contributed by atoms with Crippen molar-refractivity contribution in [3.63, 3.8) is 0 Å². The number of amides is 3. The number of aliphatic hydroxyl groups excluding tert-OH is 1. The van der Waals surface area contributed by atoms with Gasteiger partial charge in [-0.3, -0.25) is 19.4 Å². The van der Waals surface area contributed by atoms with E-state index in [4.69, 9.17) is 9.47 Å². The first-order valence-corrected chi connectivity index (χ1v) is 18.3. The summed E-state index contributed by atoms with van der Waals surface area (Å²) >= 11 is 0. The first kappa shape index (κ1) is 40.5. The number of fused-ring (bicyclic) bond motifs is 1. The van der Waals surface area contributed by atoms with Crippen LogP contribution < -0.4 is 16.0 Å². The Labute approximate surface area is 311 Å². The fourth-order valence-electron chi connectivity index (χ4n) is 5.87. The van der Waals surface area contributed by atoms with Crippen molar-refractivity contribution in [2.45, 2.75) is 90.6 Å². The highest BCUT2D eigenvalue weighted by Gasteiger charge is 2.32. The first-order chi connectivity index (χ1) is 25.5. The number of pyridine rings is 1. The summed E-state index contributed by atoms with van der Waals surface area (Å²) in [6.45, 7) is 8.12. The molecule has 5 atom stereocenters.